The highest BCUT2D eigenvalue weighted by Gasteiger charge is 2.35. The Morgan fingerprint density at radius 2 is 2.08 bits per heavy atom. The SMILES string of the molecule is CC(=O)Oc1ccc(Br)cc1C1=NN(C(C)=O)C(c2cnccn2)O1. The molecule has 25 heavy (non-hydrogen) atoms. The molecule has 0 saturated heterocycles. The third kappa shape index (κ3) is 3.66. The highest BCUT2D eigenvalue weighted by atomic mass is 79.9. The lowest BCUT2D eigenvalue weighted by Gasteiger charge is -2.17. The van der Waals surface area contributed by atoms with Crippen LogP contribution in [-0.4, -0.2) is 32.8 Å². The molecule has 3 rings (SSSR count). The molecule has 9 heteroatoms. The fraction of sp³-hybridized carbons (Fsp3) is 0.188. The van der Waals surface area contributed by atoms with Crippen LogP contribution in [0, 0.1) is 0 Å². The summed E-state index contributed by atoms with van der Waals surface area (Å²) in [5.41, 5.74) is 0.864. The third-order valence-corrected chi connectivity index (χ3v) is 3.72. The van der Waals surface area contributed by atoms with Crippen LogP contribution in [0.25, 0.3) is 0 Å². The van der Waals surface area contributed by atoms with Gasteiger partial charge in [0.25, 0.3) is 0 Å². The van der Waals surface area contributed by atoms with Crippen LogP contribution in [0.15, 0.2) is 46.4 Å². The first-order valence-electron chi connectivity index (χ1n) is 7.25. The van der Waals surface area contributed by atoms with E-state index in [0.29, 0.717) is 11.3 Å². The summed E-state index contributed by atoms with van der Waals surface area (Å²) in [6.45, 7) is 2.67. The minimum atomic E-state index is -0.842. The zero-order valence-electron chi connectivity index (χ0n) is 13.3. The van der Waals surface area contributed by atoms with Gasteiger partial charge in [-0.25, -0.2) is 0 Å². The number of nitrogens with zero attached hydrogens (tertiary/aromatic N) is 4. The maximum absolute atomic E-state index is 11.9. The van der Waals surface area contributed by atoms with Crippen molar-refractivity contribution in [1.29, 1.82) is 0 Å². The number of rotatable bonds is 3. The minimum Gasteiger partial charge on any atom is -0.444 e. The number of hydrogen-bond acceptors (Lipinski definition) is 7. The molecule has 0 saturated carbocycles. The summed E-state index contributed by atoms with van der Waals surface area (Å²) in [6.07, 6.45) is 3.67. The summed E-state index contributed by atoms with van der Waals surface area (Å²) in [5.74, 6) is -0.382. The van der Waals surface area contributed by atoms with Gasteiger partial charge in [-0.15, -0.1) is 5.10 Å². The smallest absolute Gasteiger partial charge is 0.308 e. The molecule has 2 aromatic rings. The molecule has 0 bridgehead atoms. The van der Waals surface area contributed by atoms with Crippen LogP contribution in [0.2, 0.25) is 0 Å². The van der Waals surface area contributed by atoms with Crippen molar-refractivity contribution in [1.82, 2.24) is 15.0 Å². The molecule has 0 aliphatic carbocycles. The number of halogens is 1. The third-order valence-electron chi connectivity index (χ3n) is 3.23. The molecule has 8 nitrogen and oxygen atoms in total. The molecule has 2 heterocycles. The van der Waals surface area contributed by atoms with Crippen molar-refractivity contribution in [2.24, 2.45) is 5.10 Å². The summed E-state index contributed by atoms with van der Waals surface area (Å²) in [4.78, 5) is 31.4. The molecule has 1 aromatic carbocycles. The summed E-state index contributed by atoms with van der Waals surface area (Å²) >= 11 is 3.36. The van der Waals surface area contributed by atoms with Crippen LogP contribution >= 0.6 is 15.9 Å². The predicted octanol–water partition coefficient (Wildman–Crippen LogP) is 2.40. The number of hydrogen-bond donors (Lipinski definition) is 0. The highest BCUT2D eigenvalue weighted by molar-refractivity contribution is 9.10. The van der Waals surface area contributed by atoms with Gasteiger partial charge < -0.3 is 9.47 Å². The largest absolute Gasteiger partial charge is 0.444 e. The number of aromatic nitrogens is 2. The van der Waals surface area contributed by atoms with Gasteiger partial charge in [0.15, 0.2) is 0 Å². The number of benzene rings is 1. The van der Waals surface area contributed by atoms with E-state index < -0.39 is 12.2 Å². The Balaban J connectivity index is 2.01. The fourth-order valence-electron chi connectivity index (χ4n) is 2.22. The predicted molar refractivity (Wildman–Crippen MR) is 90.4 cm³/mol. The Morgan fingerprint density at radius 1 is 1.28 bits per heavy atom. The van der Waals surface area contributed by atoms with Gasteiger partial charge >= 0.3 is 5.97 Å². The van der Waals surface area contributed by atoms with E-state index in [0.717, 1.165) is 9.48 Å². The second-order valence-electron chi connectivity index (χ2n) is 5.10. The van der Waals surface area contributed by atoms with Crippen molar-refractivity contribution < 1.29 is 19.1 Å². The topological polar surface area (TPSA) is 94.0 Å². The average molecular weight is 405 g/mol. The quantitative estimate of drug-likeness (QED) is 0.575. The molecule has 128 valence electrons. The zero-order chi connectivity index (χ0) is 18.0. The second kappa shape index (κ2) is 6.98. The number of amides is 1. The van der Waals surface area contributed by atoms with E-state index in [1.807, 2.05) is 0 Å². The number of carbonyl (C=O) groups is 2. The van der Waals surface area contributed by atoms with E-state index >= 15 is 0 Å². The fourth-order valence-corrected chi connectivity index (χ4v) is 2.58. The van der Waals surface area contributed by atoms with Crippen LogP contribution in [-0.2, 0) is 14.3 Å². The van der Waals surface area contributed by atoms with Crippen molar-refractivity contribution in [2.75, 3.05) is 0 Å². The van der Waals surface area contributed by atoms with Crippen LogP contribution in [0.4, 0.5) is 0 Å². The monoisotopic (exact) mass is 404 g/mol. The molecule has 1 unspecified atom stereocenters. The van der Waals surface area contributed by atoms with Gasteiger partial charge in [0.2, 0.25) is 18.0 Å². The van der Waals surface area contributed by atoms with E-state index in [-0.39, 0.29) is 17.6 Å². The van der Waals surface area contributed by atoms with Gasteiger partial charge in [-0.05, 0) is 18.2 Å². The summed E-state index contributed by atoms with van der Waals surface area (Å²) < 4.78 is 11.8. The van der Waals surface area contributed by atoms with Crippen LogP contribution < -0.4 is 4.74 Å². The Hall–Kier alpha value is -2.81. The van der Waals surface area contributed by atoms with Crippen molar-refractivity contribution in [3.05, 3.63) is 52.5 Å². The normalized spacial score (nSPS) is 16.2. The molecule has 1 aromatic heterocycles. The Kier molecular flexibility index (Phi) is 4.75. The molecule has 1 amide bonds. The lowest BCUT2D eigenvalue weighted by molar-refractivity contribution is -0.135. The summed E-state index contributed by atoms with van der Waals surface area (Å²) in [5, 5.41) is 5.39. The van der Waals surface area contributed by atoms with Gasteiger partial charge in [-0.1, -0.05) is 15.9 Å². The highest BCUT2D eigenvalue weighted by Crippen LogP contribution is 2.33. The Morgan fingerprint density at radius 3 is 2.72 bits per heavy atom. The Labute approximate surface area is 151 Å². The number of carbonyl (C=O) groups excluding carboxylic acids is 2. The molecule has 1 aliphatic heterocycles. The van der Waals surface area contributed by atoms with Crippen LogP contribution in [0.3, 0.4) is 0 Å². The van der Waals surface area contributed by atoms with Gasteiger partial charge in [0, 0.05) is 30.7 Å². The molecule has 1 aliphatic rings. The van der Waals surface area contributed by atoms with Gasteiger partial charge in [0.05, 0.1) is 11.8 Å². The van der Waals surface area contributed by atoms with Gasteiger partial charge in [-0.2, -0.15) is 5.01 Å². The first-order valence-corrected chi connectivity index (χ1v) is 8.04. The first kappa shape index (κ1) is 17.0. The molecule has 1 atom stereocenters. The minimum absolute atomic E-state index is 0.142. The zero-order valence-corrected chi connectivity index (χ0v) is 14.9. The summed E-state index contributed by atoms with van der Waals surface area (Å²) in [6, 6.07) is 5.02. The molecule has 0 spiro atoms. The van der Waals surface area contributed by atoms with E-state index in [9.17, 15) is 9.59 Å². The maximum atomic E-state index is 11.9. The van der Waals surface area contributed by atoms with E-state index in [4.69, 9.17) is 9.47 Å². The molecule has 0 fully saturated rings. The summed E-state index contributed by atoms with van der Waals surface area (Å²) in [7, 11) is 0. The van der Waals surface area contributed by atoms with Crippen LogP contribution in [0.5, 0.6) is 5.75 Å². The lowest BCUT2D eigenvalue weighted by atomic mass is 10.2. The average Bonchev–Trinajstić information content (AvgIpc) is 3.02. The number of hydrazone groups is 1. The van der Waals surface area contributed by atoms with E-state index in [2.05, 4.69) is 31.0 Å². The van der Waals surface area contributed by atoms with Gasteiger partial charge in [-0.3, -0.25) is 19.6 Å². The van der Waals surface area contributed by atoms with E-state index in [1.165, 1.54) is 32.4 Å². The maximum Gasteiger partial charge on any atom is 0.308 e. The van der Waals surface area contributed by atoms with E-state index in [1.54, 1.807) is 18.2 Å². The second-order valence-corrected chi connectivity index (χ2v) is 6.02. The molecular weight excluding hydrogens is 392 g/mol. The first-order chi connectivity index (χ1) is 12.0. The van der Waals surface area contributed by atoms with Gasteiger partial charge in [0.1, 0.15) is 11.4 Å². The van der Waals surface area contributed by atoms with Crippen molar-refractivity contribution >= 4 is 33.7 Å². The molecule has 0 radical (unpaired) electrons. The standard InChI is InChI=1S/C16H13BrN4O4/c1-9(22)21-16(13-8-18-5-6-19-13)25-15(20-21)12-7-11(17)3-4-14(12)24-10(2)23/h3-8,16H,1-2H3. The molecular formula is C16H13BrN4O4. The van der Waals surface area contributed by atoms with Crippen molar-refractivity contribution in [2.45, 2.75) is 20.1 Å². The van der Waals surface area contributed by atoms with Crippen LogP contribution in [0.1, 0.15) is 31.3 Å². The molecule has 0 N–H and O–H groups in total. The van der Waals surface area contributed by atoms with Crippen molar-refractivity contribution in [3.8, 4) is 5.75 Å². The van der Waals surface area contributed by atoms with Crippen molar-refractivity contribution in [3.63, 3.8) is 0 Å². The Bertz CT molecular complexity index is 856. The number of esters is 1. The number of ether oxygens (including phenoxy) is 2. The lowest BCUT2D eigenvalue weighted by Crippen LogP contribution is -2.26.